The Morgan fingerprint density at radius 2 is 1.88 bits per heavy atom. The Hall–Kier alpha value is -2.33. The molecule has 0 aromatic heterocycles. The first-order chi connectivity index (χ1) is 11.5. The van der Waals surface area contributed by atoms with E-state index < -0.39 is 5.54 Å². The van der Waals surface area contributed by atoms with Gasteiger partial charge in [-0.05, 0) is 42.2 Å². The number of hydrogen-bond acceptors (Lipinski definition) is 3. The topological polar surface area (TPSA) is 64.4 Å². The maximum atomic E-state index is 12.1. The molecule has 24 heavy (non-hydrogen) atoms. The van der Waals surface area contributed by atoms with E-state index in [1.165, 1.54) is 0 Å². The molecule has 2 aromatic carbocycles. The minimum Gasteiger partial charge on any atom is -0.497 e. The third-order valence-electron chi connectivity index (χ3n) is 4.10. The van der Waals surface area contributed by atoms with Gasteiger partial charge < -0.3 is 15.8 Å². The molecule has 4 nitrogen and oxygen atoms in total. The highest BCUT2D eigenvalue weighted by Gasteiger charge is 2.26. The van der Waals surface area contributed by atoms with Gasteiger partial charge in [-0.1, -0.05) is 49.7 Å². The van der Waals surface area contributed by atoms with Gasteiger partial charge in [0.1, 0.15) is 5.75 Å². The second-order valence-corrected chi connectivity index (χ2v) is 6.28. The third-order valence-corrected chi connectivity index (χ3v) is 4.10. The van der Waals surface area contributed by atoms with Crippen LogP contribution in [0.1, 0.15) is 32.3 Å². The Kier molecular flexibility index (Phi) is 5.99. The number of benzene rings is 2. The van der Waals surface area contributed by atoms with Crippen LogP contribution in [0.4, 0.5) is 0 Å². The van der Waals surface area contributed by atoms with Crippen molar-refractivity contribution >= 4 is 5.91 Å². The summed E-state index contributed by atoms with van der Waals surface area (Å²) in [5, 5.41) is 2.92. The molecule has 0 saturated heterocycles. The summed E-state index contributed by atoms with van der Waals surface area (Å²) in [5.74, 6) is 0.725. The molecule has 0 fully saturated rings. The van der Waals surface area contributed by atoms with Gasteiger partial charge in [-0.2, -0.15) is 0 Å². The van der Waals surface area contributed by atoms with Crippen molar-refractivity contribution in [3.8, 4) is 16.9 Å². The zero-order valence-corrected chi connectivity index (χ0v) is 14.6. The van der Waals surface area contributed by atoms with E-state index in [1.54, 1.807) is 14.0 Å². The number of amides is 1. The van der Waals surface area contributed by atoms with Crippen LogP contribution >= 0.6 is 0 Å². The van der Waals surface area contributed by atoms with Crippen molar-refractivity contribution in [2.24, 2.45) is 5.73 Å². The molecule has 0 aliphatic carbocycles. The Morgan fingerprint density at radius 1 is 1.17 bits per heavy atom. The van der Waals surface area contributed by atoms with E-state index >= 15 is 0 Å². The molecule has 2 rings (SSSR count). The Labute approximate surface area is 144 Å². The molecule has 0 heterocycles. The summed E-state index contributed by atoms with van der Waals surface area (Å²) in [7, 11) is 1.66. The maximum absolute atomic E-state index is 12.1. The van der Waals surface area contributed by atoms with E-state index in [9.17, 15) is 4.79 Å². The maximum Gasteiger partial charge on any atom is 0.240 e. The quantitative estimate of drug-likeness (QED) is 0.818. The number of rotatable bonds is 7. The standard InChI is InChI=1S/C20H26N2O2/c1-4-12-20(2,21)19(23)22-14-15-8-10-16(11-9-15)17-6-5-7-18(13-17)24-3/h5-11,13H,4,12,14,21H2,1-3H3,(H,22,23). The largest absolute Gasteiger partial charge is 0.497 e. The summed E-state index contributed by atoms with van der Waals surface area (Å²) < 4.78 is 5.26. The van der Waals surface area contributed by atoms with Crippen molar-refractivity contribution in [3.63, 3.8) is 0 Å². The number of carbonyl (C=O) groups is 1. The highest BCUT2D eigenvalue weighted by molar-refractivity contribution is 5.85. The average molecular weight is 326 g/mol. The molecule has 2 aromatic rings. The normalized spacial score (nSPS) is 13.2. The molecule has 128 valence electrons. The first-order valence-corrected chi connectivity index (χ1v) is 8.27. The van der Waals surface area contributed by atoms with Gasteiger partial charge in [-0.15, -0.1) is 0 Å². The monoisotopic (exact) mass is 326 g/mol. The molecule has 1 atom stereocenters. The summed E-state index contributed by atoms with van der Waals surface area (Å²) in [5.41, 5.74) is 8.48. The van der Waals surface area contributed by atoms with Crippen LogP contribution in [0.15, 0.2) is 48.5 Å². The Bertz CT molecular complexity index is 678. The van der Waals surface area contributed by atoms with Crippen LogP contribution in [-0.4, -0.2) is 18.6 Å². The van der Waals surface area contributed by atoms with Gasteiger partial charge >= 0.3 is 0 Å². The van der Waals surface area contributed by atoms with Crippen molar-refractivity contribution in [1.82, 2.24) is 5.32 Å². The first-order valence-electron chi connectivity index (χ1n) is 8.27. The molecule has 0 saturated carbocycles. The first kappa shape index (κ1) is 18.0. The van der Waals surface area contributed by atoms with Gasteiger partial charge in [-0.3, -0.25) is 4.79 Å². The lowest BCUT2D eigenvalue weighted by molar-refractivity contribution is -0.126. The van der Waals surface area contributed by atoms with Crippen molar-refractivity contribution in [3.05, 3.63) is 54.1 Å². The van der Waals surface area contributed by atoms with Gasteiger partial charge in [0, 0.05) is 6.54 Å². The number of hydrogen-bond donors (Lipinski definition) is 2. The van der Waals surface area contributed by atoms with E-state index in [-0.39, 0.29) is 5.91 Å². The van der Waals surface area contributed by atoms with Crippen molar-refractivity contribution in [2.75, 3.05) is 7.11 Å². The zero-order chi connectivity index (χ0) is 17.6. The van der Waals surface area contributed by atoms with Crippen molar-refractivity contribution < 1.29 is 9.53 Å². The van der Waals surface area contributed by atoms with Gasteiger partial charge in [0.25, 0.3) is 0 Å². The highest BCUT2D eigenvalue weighted by atomic mass is 16.5. The van der Waals surface area contributed by atoms with Crippen LogP contribution in [0.3, 0.4) is 0 Å². The number of methoxy groups -OCH3 is 1. The van der Waals surface area contributed by atoms with Crippen molar-refractivity contribution in [2.45, 2.75) is 38.8 Å². The van der Waals surface area contributed by atoms with Crippen LogP contribution in [-0.2, 0) is 11.3 Å². The molecule has 1 amide bonds. The molecular formula is C20H26N2O2. The number of nitrogens with one attached hydrogen (secondary N) is 1. The molecule has 0 radical (unpaired) electrons. The minimum absolute atomic E-state index is 0.110. The van der Waals surface area contributed by atoms with Crippen LogP contribution in [0.5, 0.6) is 5.75 Å². The molecule has 3 N–H and O–H groups in total. The summed E-state index contributed by atoms with van der Waals surface area (Å²) in [4.78, 5) is 12.1. The molecular weight excluding hydrogens is 300 g/mol. The average Bonchev–Trinajstić information content (AvgIpc) is 2.60. The fourth-order valence-electron chi connectivity index (χ4n) is 2.63. The fraction of sp³-hybridized carbons (Fsp3) is 0.350. The van der Waals surface area contributed by atoms with Crippen LogP contribution in [0.25, 0.3) is 11.1 Å². The summed E-state index contributed by atoms with van der Waals surface area (Å²) >= 11 is 0. The molecule has 0 aliphatic heterocycles. The van der Waals surface area contributed by atoms with E-state index in [0.29, 0.717) is 13.0 Å². The van der Waals surface area contributed by atoms with Gasteiger partial charge in [-0.25, -0.2) is 0 Å². The van der Waals surface area contributed by atoms with Crippen LogP contribution in [0.2, 0.25) is 0 Å². The Balaban J connectivity index is 2.01. The zero-order valence-electron chi connectivity index (χ0n) is 14.6. The fourth-order valence-corrected chi connectivity index (χ4v) is 2.63. The highest BCUT2D eigenvalue weighted by Crippen LogP contribution is 2.24. The molecule has 0 aliphatic rings. The molecule has 0 bridgehead atoms. The van der Waals surface area contributed by atoms with Crippen LogP contribution < -0.4 is 15.8 Å². The van der Waals surface area contributed by atoms with Crippen molar-refractivity contribution in [1.29, 1.82) is 0 Å². The summed E-state index contributed by atoms with van der Waals surface area (Å²) in [6.07, 6.45) is 1.56. The second kappa shape index (κ2) is 7.97. The summed E-state index contributed by atoms with van der Waals surface area (Å²) in [6, 6.07) is 16.1. The lowest BCUT2D eigenvalue weighted by atomic mass is 9.96. The third kappa shape index (κ3) is 4.59. The SMILES string of the molecule is CCCC(C)(N)C(=O)NCc1ccc(-c2cccc(OC)c2)cc1. The molecule has 1 unspecified atom stereocenters. The van der Waals surface area contributed by atoms with Crippen LogP contribution in [0, 0.1) is 0 Å². The summed E-state index contributed by atoms with van der Waals surface area (Å²) in [6.45, 7) is 4.28. The lowest BCUT2D eigenvalue weighted by Crippen LogP contribution is -2.51. The lowest BCUT2D eigenvalue weighted by Gasteiger charge is -2.22. The van der Waals surface area contributed by atoms with Gasteiger partial charge in [0.2, 0.25) is 5.91 Å². The predicted molar refractivity (Wildman–Crippen MR) is 97.8 cm³/mol. The van der Waals surface area contributed by atoms with Gasteiger partial charge in [0.15, 0.2) is 0 Å². The number of nitrogens with two attached hydrogens (primary N) is 1. The van der Waals surface area contributed by atoms with E-state index in [2.05, 4.69) is 5.32 Å². The molecule has 4 heteroatoms. The predicted octanol–water partition coefficient (Wildman–Crippen LogP) is 3.50. The Morgan fingerprint density at radius 3 is 2.50 bits per heavy atom. The van der Waals surface area contributed by atoms with E-state index in [4.69, 9.17) is 10.5 Å². The number of carbonyl (C=O) groups excluding carboxylic acids is 1. The van der Waals surface area contributed by atoms with E-state index in [0.717, 1.165) is 28.9 Å². The van der Waals surface area contributed by atoms with E-state index in [1.807, 2.05) is 55.5 Å². The number of ether oxygens (including phenoxy) is 1. The van der Waals surface area contributed by atoms with Gasteiger partial charge in [0.05, 0.1) is 12.6 Å². The smallest absolute Gasteiger partial charge is 0.240 e. The second-order valence-electron chi connectivity index (χ2n) is 6.28. The minimum atomic E-state index is -0.810. The molecule has 0 spiro atoms.